The number of nitrogen functional groups attached to an aromatic ring is 1. The maximum atomic E-state index is 12.6. The van der Waals surface area contributed by atoms with Gasteiger partial charge in [-0.05, 0) is 48.9 Å². The molecule has 166 valence electrons. The summed E-state index contributed by atoms with van der Waals surface area (Å²) in [5.74, 6) is -7.17. The standard InChI is InChI=1S/C21H29NO8/c1-5-12-11-13(22)9-10-14(12)21(8-4,19(6-2,15(23)24)16(25)26)20(7-3,17(27)28)18(29)30/h9-11H,5-8,22H2,1-4H3,(H,23,24)(H,25,26)(H,27,28)(H,29,30). The highest BCUT2D eigenvalue weighted by atomic mass is 16.4. The first-order valence-corrected chi connectivity index (χ1v) is 9.73. The molecule has 0 spiro atoms. The van der Waals surface area contributed by atoms with Crippen LogP contribution in [0, 0.1) is 10.8 Å². The van der Waals surface area contributed by atoms with Gasteiger partial charge in [-0.3, -0.25) is 19.2 Å². The van der Waals surface area contributed by atoms with Gasteiger partial charge < -0.3 is 26.2 Å². The zero-order chi connectivity index (χ0) is 23.5. The van der Waals surface area contributed by atoms with E-state index in [-0.39, 0.29) is 18.4 Å². The van der Waals surface area contributed by atoms with Crippen LogP contribution < -0.4 is 5.73 Å². The lowest BCUT2D eigenvalue weighted by Gasteiger charge is -2.53. The Labute approximate surface area is 174 Å². The molecule has 0 aliphatic heterocycles. The van der Waals surface area contributed by atoms with Crippen LogP contribution in [-0.2, 0) is 31.0 Å². The molecule has 0 radical (unpaired) electrons. The van der Waals surface area contributed by atoms with Crippen molar-refractivity contribution in [3.63, 3.8) is 0 Å². The van der Waals surface area contributed by atoms with Crippen molar-refractivity contribution in [2.45, 2.75) is 58.8 Å². The summed E-state index contributed by atoms with van der Waals surface area (Å²) in [6.07, 6.45) is -1.15. The summed E-state index contributed by atoms with van der Waals surface area (Å²) in [6, 6.07) is 4.26. The van der Waals surface area contributed by atoms with Crippen molar-refractivity contribution >= 4 is 29.6 Å². The Kier molecular flexibility index (Phi) is 7.25. The maximum absolute atomic E-state index is 12.6. The largest absolute Gasteiger partial charge is 0.480 e. The molecule has 0 aliphatic rings. The highest BCUT2D eigenvalue weighted by Crippen LogP contribution is 2.60. The molecule has 0 heterocycles. The third-order valence-corrected chi connectivity index (χ3v) is 6.48. The van der Waals surface area contributed by atoms with Crippen LogP contribution >= 0.6 is 0 Å². The van der Waals surface area contributed by atoms with E-state index in [0.29, 0.717) is 11.3 Å². The lowest BCUT2D eigenvalue weighted by Crippen LogP contribution is -2.68. The summed E-state index contributed by atoms with van der Waals surface area (Å²) in [5, 5.41) is 40.7. The van der Waals surface area contributed by atoms with Crippen molar-refractivity contribution in [1.29, 1.82) is 0 Å². The smallest absolute Gasteiger partial charge is 0.322 e. The SMILES string of the molecule is CCc1cc(N)ccc1C(CC)(C(CC)(C(=O)O)C(=O)O)C(CC)(C(=O)O)C(=O)O. The van der Waals surface area contributed by atoms with Gasteiger partial charge in [0, 0.05) is 11.1 Å². The first-order chi connectivity index (χ1) is 13.9. The third-order valence-electron chi connectivity index (χ3n) is 6.48. The minimum atomic E-state index is -2.73. The van der Waals surface area contributed by atoms with Crippen LogP contribution in [0.2, 0.25) is 0 Å². The van der Waals surface area contributed by atoms with E-state index in [1.54, 1.807) is 6.92 Å². The number of hydrogen-bond acceptors (Lipinski definition) is 5. The number of aryl methyl sites for hydroxylation is 1. The minimum absolute atomic E-state index is 0.0556. The molecule has 1 aromatic carbocycles. The number of carboxylic acids is 4. The third kappa shape index (κ3) is 3.00. The van der Waals surface area contributed by atoms with Gasteiger partial charge in [0.15, 0.2) is 10.8 Å². The van der Waals surface area contributed by atoms with E-state index in [1.807, 2.05) is 0 Å². The lowest BCUT2D eigenvalue weighted by molar-refractivity contribution is -0.191. The molecule has 9 nitrogen and oxygen atoms in total. The zero-order valence-corrected chi connectivity index (χ0v) is 17.6. The van der Waals surface area contributed by atoms with Crippen molar-refractivity contribution in [3.8, 4) is 0 Å². The highest BCUT2D eigenvalue weighted by molar-refractivity contribution is 6.07. The van der Waals surface area contributed by atoms with Gasteiger partial charge in [0.25, 0.3) is 0 Å². The van der Waals surface area contributed by atoms with Crippen molar-refractivity contribution in [2.24, 2.45) is 10.8 Å². The fourth-order valence-electron chi connectivity index (χ4n) is 5.06. The van der Waals surface area contributed by atoms with E-state index in [9.17, 15) is 39.6 Å². The van der Waals surface area contributed by atoms with E-state index >= 15 is 0 Å². The molecule has 0 aromatic heterocycles. The van der Waals surface area contributed by atoms with E-state index in [1.165, 1.54) is 39.0 Å². The molecule has 1 aromatic rings. The van der Waals surface area contributed by atoms with Gasteiger partial charge in [0.2, 0.25) is 0 Å². The number of benzene rings is 1. The normalized spacial score (nSPS) is 12.4. The Morgan fingerprint density at radius 3 is 1.43 bits per heavy atom. The fraction of sp³-hybridized carbons (Fsp3) is 0.524. The molecule has 6 N–H and O–H groups in total. The Morgan fingerprint density at radius 1 is 0.767 bits per heavy atom. The molecule has 0 amide bonds. The molecule has 9 heteroatoms. The van der Waals surface area contributed by atoms with Gasteiger partial charge in [-0.2, -0.15) is 0 Å². The van der Waals surface area contributed by atoms with Crippen LogP contribution in [0.3, 0.4) is 0 Å². The summed E-state index contributed by atoms with van der Waals surface area (Å²) in [4.78, 5) is 50.2. The second-order valence-electron chi connectivity index (χ2n) is 7.27. The Balaban J connectivity index is 4.54. The summed E-state index contributed by atoms with van der Waals surface area (Å²) >= 11 is 0. The number of hydrogen-bond donors (Lipinski definition) is 5. The van der Waals surface area contributed by atoms with E-state index in [2.05, 4.69) is 0 Å². The van der Waals surface area contributed by atoms with Crippen molar-refractivity contribution in [2.75, 3.05) is 5.73 Å². The second-order valence-corrected chi connectivity index (χ2v) is 7.27. The molecule has 0 unspecified atom stereocenters. The second kappa shape index (κ2) is 8.73. The molecular weight excluding hydrogens is 394 g/mol. The van der Waals surface area contributed by atoms with Crippen LogP contribution in [-0.4, -0.2) is 44.3 Å². The molecule has 0 saturated carbocycles. The van der Waals surface area contributed by atoms with Crippen molar-refractivity contribution in [3.05, 3.63) is 29.3 Å². The number of carboxylic acid groups (broad SMARTS) is 4. The van der Waals surface area contributed by atoms with Gasteiger partial charge >= 0.3 is 23.9 Å². The predicted octanol–water partition coefficient (Wildman–Crippen LogP) is 2.61. The summed E-state index contributed by atoms with van der Waals surface area (Å²) in [6.45, 7) is 5.74. The number of aliphatic carboxylic acids is 4. The Bertz CT molecular complexity index is 793. The molecule has 0 fully saturated rings. The first-order valence-electron chi connectivity index (χ1n) is 9.73. The van der Waals surface area contributed by atoms with Crippen LogP contribution in [0.4, 0.5) is 5.69 Å². The zero-order valence-electron chi connectivity index (χ0n) is 17.6. The monoisotopic (exact) mass is 423 g/mol. The van der Waals surface area contributed by atoms with Crippen LogP contribution in [0.5, 0.6) is 0 Å². The predicted molar refractivity (Wildman–Crippen MR) is 108 cm³/mol. The fourth-order valence-corrected chi connectivity index (χ4v) is 5.06. The molecule has 0 saturated heterocycles. The van der Waals surface area contributed by atoms with Crippen molar-refractivity contribution < 1.29 is 39.6 Å². The number of anilines is 1. The molecule has 1 rings (SSSR count). The molecule has 0 aliphatic carbocycles. The first kappa shape index (κ1) is 24.9. The average Bonchev–Trinajstić information content (AvgIpc) is 2.67. The number of carbonyl (C=O) groups is 4. The quantitative estimate of drug-likeness (QED) is 0.264. The van der Waals surface area contributed by atoms with Crippen LogP contribution in [0.15, 0.2) is 18.2 Å². The minimum Gasteiger partial charge on any atom is -0.480 e. The topological polar surface area (TPSA) is 175 Å². The summed E-state index contributed by atoms with van der Waals surface area (Å²) < 4.78 is 0. The van der Waals surface area contributed by atoms with Crippen molar-refractivity contribution in [1.82, 2.24) is 0 Å². The van der Waals surface area contributed by atoms with Gasteiger partial charge in [-0.15, -0.1) is 0 Å². The van der Waals surface area contributed by atoms with Crippen LogP contribution in [0.1, 0.15) is 58.1 Å². The Morgan fingerprint density at radius 2 is 1.17 bits per heavy atom. The van der Waals surface area contributed by atoms with E-state index in [4.69, 9.17) is 5.73 Å². The maximum Gasteiger partial charge on any atom is 0.322 e. The molecule has 30 heavy (non-hydrogen) atoms. The summed E-state index contributed by atoms with van der Waals surface area (Å²) in [7, 11) is 0. The lowest BCUT2D eigenvalue weighted by atomic mass is 9.44. The number of rotatable bonds is 11. The molecular formula is C21H29NO8. The summed E-state index contributed by atoms with van der Waals surface area (Å²) in [5.41, 5.74) is -1.17. The number of nitrogens with two attached hydrogens (primary N) is 1. The van der Waals surface area contributed by atoms with Gasteiger partial charge in [0.05, 0.1) is 0 Å². The van der Waals surface area contributed by atoms with E-state index < -0.39 is 53.0 Å². The molecule has 0 bridgehead atoms. The van der Waals surface area contributed by atoms with Gasteiger partial charge in [-0.25, -0.2) is 0 Å². The Hall–Kier alpha value is -3.10. The van der Waals surface area contributed by atoms with E-state index in [0.717, 1.165) is 0 Å². The highest BCUT2D eigenvalue weighted by Gasteiger charge is 2.74. The van der Waals surface area contributed by atoms with Crippen LogP contribution in [0.25, 0.3) is 0 Å². The average molecular weight is 423 g/mol. The van der Waals surface area contributed by atoms with Gasteiger partial charge in [0.1, 0.15) is 0 Å². The van der Waals surface area contributed by atoms with Gasteiger partial charge in [-0.1, -0.05) is 33.8 Å². The molecule has 0 atom stereocenters.